The van der Waals surface area contributed by atoms with Crippen LogP contribution >= 0.6 is 0 Å². The smallest absolute Gasteiger partial charge is 0.292 e. The van der Waals surface area contributed by atoms with Crippen LogP contribution in [0, 0.1) is 0 Å². The Kier molecular flexibility index (Phi) is 3.08. The van der Waals surface area contributed by atoms with E-state index >= 15 is 0 Å². The molecule has 0 rings (SSSR count). The fourth-order valence-corrected chi connectivity index (χ4v) is 0.212. The zero-order valence-corrected chi connectivity index (χ0v) is 4.94. The number of ketones is 1. The highest BCUT2D eigenvalue weighted by molar-refractivity contribution is 5.90. The fourth-order valence-electron chi connectivity index (χ4n) is 0.212. The average Bonchev–Trinajstić information content (AvgIpc) is 1.81. The molecule has 0 N–H and O–H groups in total. The van der Waals surface area contributed by atoms with Gasteiger partial charge in [0.05, 0.1) is 0 Å². The lowest BCUT2D eigenvalue weighted by molar-refractivity contribution is -0.320. The van der Waals surface area contributed by atoms with Crippen LogP contribution in [0.1, 0.15) is 0 Å². The molecule has 0 saturated carbocycles. The molecule has 0 aromatic rings. The van der Waals surface area contributed by atoms with E-state index in [-0.39, 0.29) is 0 Å². The van der Waals surface area contributed by atoms with Gasteiger partial charge in [-0.3, -0.25) is 9.53 Å². The Bertz CT molecular complexity index is 138. The standard InChI is InChI=1S/C5H5F3O2/c1-2-4(9)3-10-5(6,7)8/h2H,1,3H2. The summed E-state index contributed by atoms with van der Waals surface area (Å²) < 4.78 is 36.6. The van der Waals surface area contributed by atoms with E-state index in [0.717, 1.165) is 6.08 Å². The van der Waals surface area contributed by atoms with Gasteiger partial charge in [0.2, 0.25) is 0 Å². The van der Waals surface area contributed by atoms with Crippen LogP contribution in [-0.4, -0.2) is 18.8 Å². The first-order chi connectivity index (χ1) is 4.45. The maximum Gasteiger partial charge on any atom is 0.522 e. The Labute approximate surface area is 55.3 Å². The molecule has 0 aliphatic carbocycles. The molecule has 2 nitrogen and oxygen atoms in total. The highest BCUT2D eigenvalue weighted by atomic mass is 19.4. The Hall–Kier alpha value is -0.840. The SMILES string of the molecule is C=CC(=O)COC(F)(F)F. The maximum absolute atomic E-state index is 11.1. The van der Waals surface area contributed by atoms with Crippen molar-refractivity contribution in [1.82, 2.24) is 0 Å². The van der Waals surface area contributed by atoms with E-state index in [2.05, 4.69) is 11.3 Å². The number of ether oxygens (including phenoxy) is 1. The number of hydrogen-bond acceptors (Lipinski definition) is 2. The van der Waals surface area contributed by atoms with Gasteiger partial charge in [-0.1, -0.05) is 6.58 Å². The highest BCUT2D eigenvalue weighted by Gasteiger charge is 2.29. The lowest BCUT2D eigenvalue weighted by atomic mass is 10.4. The summed E-state index contributed by atoms with van der Waals surface area (Å²) in [6.07, 6.45) is -3.97. The van der Waals surface area contributed by atoms with Gasteiger partial charge < -0.3 is 0 Å². The fraction of sp³-hybridized carbons (Fsp3) is 0.400. The van der Waals surface area contributed by atoms with Crippen molar-refractivity contribution in [3.63, 3.8) is 0 Å². The molecule has 0 aromatic carbocycles. The Morgan fingerprint density at radius 3 is 2.40 bits per heavy atom. The molecule has 0 amide bonds. The number of alkyl halides is 3. The number of rotatable bonds is 3. The van der Waals surface area contributed by atoms with E-state index in [9.17, 15) is 18.0 Å². The zero-order chi connectivity index (χ0) is 8.20. The number of carbonyl (C=O) groups is 1. The van der Waals surface area contributed by atoms with Crippen LogP contribution in [0.3, 0.4) is 0 Å². The summed E-state index contributed by atoms with van der Waals surface area (Å²) in [5.41, 5.74) is 0. The second-order valence-electron chi connectivity index (χ2n) is 1.40. The van der Waals surface area contributed by atoms with Gasteiger partial charge in [0.1, 0.15) is 6.61 Å². The van der Waals surface area contributed by atoms with Crippen LogP contribution in [0.25, 0.3) is 0 Å². The van der Waals surface area contributed by atoms with Crippen molar-refractivity contribution in [3.8, 4) is 0 Å². The third kappa shape index (κ3) is 5.30. The molecule has 58 valence electrons. The molecule has 10 heavy (non-hydrogen) atoms. The van der Waals surface area contributed by atoms with Crippen molar-refractivity contribution in [1.29, 1.82) is 0 Å². The van der Waals surface area contributed by atoms with Gasteiger partial charge in [-0.2, -0.15) is 0 Å². The molecular formula is C5H5F3O2. The van der Waals surface area contributed by atoms with Gasteiger partial charge in [0, 0.05) is 0 Å². The van der Waals surface area contributed by atoms with Gasteiger partial charge in [-0.15, -0.1) is 13.2 Å². The molecule has 5 heteroatoms. The molecule has 0 aliphatic heterocycles. The zero-order valence-electron chi connectivity index (χ0n) is 4.94. The quantitative estimate of drug-likeness (QED) is 0.572. The highest BCUT2D eigenvalue weighted by Crippen LogP contribution is 2.15. The summed E-state index contributed by atoms with van der Waals surface area (Å²) in [6, 6.07) is 0. The largest absolute Gasteiger partial charge is 0.522 e. The summed E-state index contributed by atoms with van der Waals surface area (Å²) >= 11 is 0. The van der Waals surface area contributed by atoms with Gasteiger partial charge in [0.15, 0.2) is 5.78 Å². The first-order valence-electron chi connectivity index (χ1n) is 2.31. The third-order valence-electron chi connectivity index (χ3n) is 0.606. The van der Waals surface area contributed by atoms with E-state index in [0.29, 0.717) is 0 Å². The minimum atomic E-state index is -4.74. The minimum Gasteiger partial charge on any atom is -0.292 e. The van der Waals surface area contributed by atoms with Crippen molar-refractivity contribution >= 4 is 5.78 Å². The average molecular weight is 154 g/mol. The summed E-state index contributed by atoms with van der Waals surface area (Å²) in [4.78, 5) is 10.1. The van der Waals surface area contributed by atoms with E-state index in [1.54, 1.807) is 0 Å². The van der Waals surface area contributed by atoms with Crippen LogP contribution in [0.5, 0.6) is 0 Å². The molecule has 0 heterocycles. The van der Waals surface area contributed by atoms with Crippen molar-refractivity contribution in [2.75, 3.05) is 6.61 Å². The Balaban J connectivity index is 3.55. The van der Waals surface area contributed by atoms with Gasteiger partial charge >= 0.3 is 6.36 Å². The molecule has 0 spiro atoms. The van der Waals surface area contributed by atoms with Crippen molar-refractivity contribution in [2.24, 2.45) is 0 Å². The van der Waals surface area contributed by atoms with Gasteiger partial charge in [-0.05, 0) is 6.08 Å². The van der Waals surface area contributed by atoms with Crippen molar-refractivity contribution < 1.29 is 22.7 Å². The normalized spacial score (nSPS) is 11.1. The summed E-state index contributed by atoms with van der Waals surface area (Å²) in [7, 11) is 0. The second kappa shape index (κ2) is 3.36. The molecule has 0 aliphatic rings. The topological polar surface area (TPSA) is 26.3 Å². The van der Waals surface area contributed by atoms with Crippen LogP contribution in [0.15, 0.2) is 12.7 Å². The monoisotopic (exact) mass is 154 g/mol. The van der Waals surface area contributed by atoms with Crippen LogP contribution in [0.2, 0.25) is 0 Å². The molecule has 0 bridgehead atoms. The van der Waals surface area contributed by atoms with Gasteiger partial charge in [-0.25, -0.2) is 0 Å². The van der Waals surface area contributed by atoms with E-state index in [1.165, 1.54) is 0 Å². The molecule has 0 fully saturated rings. The van der Waals surface area contributed by atoms with Crippen LogP contribution in [0.4, 0.5) is 13.2 Å². The predicted molar refractivity (Wildman–Crippen MR) is 27.2 cm³/mol. The number of hydrogen-bond donors (Lipinski definition) is 0. The third-order valence-corrected chi connectivity index (χ3v) is 0.606. The van der Waals surface area contributed by atoms with E-state index < -0.39 is 18.8 Å². The number of carbonyl (C=O) groups excluding carboxylic acids is 1. The molecule has 0 saturated heterocycles. The van der Waals surface area contributed by atoms with Crippen LogP contribution < -0.4 is 0 Å². The molecule has 0 atom stereocenters. The molecule has 0 radical (unpaired) electrons. The summed E-state index contributed by atoms with van der Waals surface area (Å²) in [5, 5.41) is 0. The van der Waals surface area contributed by atoms with Crippen molar-refractivity contribution in [3.05, 3.63) is 12.7 Å². The van der Waals surface area contributed by atoms with E-state index in [4.69, 9.17) is 0 Å². The lowest BCUT2D eigenvalue weighted by Gasteiger charge is -2.03. The predicted octanol–water partition coefficient (Wildman–Crippen LogP) is 1.28. The molecule has 0 aromatic heterocycles. The minimum absolute atomic E-state index is 0.770. The molecular weight excluding hydrogens is 149 g/mol. The maximum atomic E-state index is 11.1. The Morgan fingerprint density at radius 1 is 1.60 bits per heavy atom. The first-order valence-corrected chi connectivity index (χ1v) is 2.31. The van der Waals surface area contributed by atoms with Crippen molar-refractivity contribution in [2.45, 2.75) is 6.36 Å². The first kappa shape index (κ1) is 9.16. The van der Waals surface area contributed by atoms with Gasteiger partial charge in [0.25, 0.3) is 0 Å². The summed E-state index contributed by atoms with van der Waals surface area (Å²) in [5.74, 6) is -0.794. The second-order valence-corrected chi connectivity index (χ2v) is 1.40. The summed E-state index contributed by atoms with van der Waals surface area (Å²) in [6.45, 7) is 1.97. The number of halogens is 3. The Morgan fingerprint density at radius 2 is 2.10 bits per heavy atom. The van der Waals surface area contributed by atoms with E-state index in [1.807, 2.05) is 0 Å². The molecule has 0 unspecified atom stereocenters. The lowest BCUT2D eigenvalue weighted by Crippen LogP contribution is -2.18. The van der Waals surface area contributed by atoms with Crippen LogP contribution in [-0.2, 0) is 9.53 Å².